The Bertz CT molecular complexity index is 233. The molecular formula is C5H3ClF6O2. The van der Waals surface area contributed by atoms with Crippen LogP contribution in [-0.2, 0) is 4.79 Å². The van der Waals surface area contributed by atoms with Gasteiger partial charge in [-0.25, -0.2) is 4.79 Å². The van der Waals surface area contributed by atoms with Crippen molar-refractivity contribution in [2.75, 3.05) is 0 Å². The average molecular weight is 245 g/mol. The molecule has 0 aliphatic carbocycles. The summed E-state index contributed by atoms with van der Waals surface area (Å²) in [6, 6.07) is 0. The summed E-state index contributed by atoms with van der Waals surface area (Å²) in [7, 11) is 0. The number of carboxylic acid groups (broad SMARTS) is 1. The summed E-state index contributed by atoms with van der Waals surface area (Å²) in [4.78, 5) is 5.68. The molecule has 0 aromatic heterocycles. The van der Waals surface area contributed by atoms with Gasteiger partial charge in [-0.05, 0) is 0 Å². The molecule has 0 saturated heterocycles. The minimum absolute atomic E-state index is 2.67. The zero-order valence-corrected chi connectivity index (χ0v) is 6.96. The Morgan fingerprint density at radius 3 is 1.57 bits per heavy atom. The van der Waals surface area contributed by atoms with Crippen LogP contribution in [0.25, 0.3) is 0 Å². The van der Waals surface area contributed by atoms with Crippen LogP contribution in [-0.4, -0.2) is 28.3 Å². The minimum atomic E-state index is -5.67. The first kappa shape index (κ1) is 13.3. The molecule has 84 valence electrons. The predicted molar refractivity (Wildman–Crippen MR) is 32.9 cm³/mol. The third kappa shape index (κ3) is 2.93. The summed E-state index contributed by atoms with van der Waals surface area (Å²) in [6.07, 6.45) is -13.6. The minimum Gasteiger partial charge on any atom is -0.480 e. The molecular weight excluding hydrogens is 241 g/mol. The van der Waals surface area contributed by atoms with Gasteiger partial charge in [-0.15, -0.1) is 0 Å². The summed E-state index contributed by atoms with van der Waals surface area (Å²) in [6.45, 7) is 0. The van der Waals surface area contributed by atoms with Gasteiger partial charge in [0.2, 0.25) is 4.87 Å². The number of carboxylic acids is 1. The Balaban J connectivity index is 5.04. The van der Waals surface area contributed by atoms with Gasteiger partial charge >= 0.3 is 18.3 Å². The lowest BCUT2D eigenvalue weighted by molar-refractivity contribution is -0.215. The predicted octanol–water partition coefficient (Wildman–Crippen LogP) is 2.56. The second-order valence-corrected chi connectivity index (χ2v) is 3.04. The van der Waals surface area contributed by atoms with Gasteiger partial charge in [-0.2, -0.15) is 26.3 Å². The van der Waals surface area contributed by atoms with Gasteiger partial charge in [0, 0.05) is 0 Å². The summed E-state index contributed by atoms with van der Waals surface area (Å²) in [5, 5.41) is 7.98. The molecule has 0 aromatic rings. The van der Waals surface area contributed by atoms with Crippen LogP contribution in [0.2, 0.25) is 0 Å². The highest BCUT2D eigenvalue weighted by atomic mass is 35.5. The van der Waals surface area contributed by atoms with Gasteiger partial charge in [0.05, 0.1) is 6.42 Å². The van der Waals surface area contributed by atoms with Crippen molar-refractivity contribution in [1.82, 2.24) is 0 Å². The largest absolute Gasteiger partial charge is 0.480 e. The smallest absolute Gasteiger partial charge is 0.418 e. The molecule has 2 nitrogen and oxygen atoms in total. The molecule has 0 aliphatic rings. The van der Waals surface area contributed by atoms with E-state index in [0.29, 0.717) is 0 Å². The van der Waals surface area contributed by atoms with Crippen molar-refractivity contribution < 1.29 is 36.2 Å². The average Bonchev–Trinajstić information content (AvgIpc) is 1.79. The molecule has 14 heavy (non-hydrogen) atoms. The van der Waals surface area contributed by atoms with Crippen LogP contribution in [0.1, 0.15) is 6.42 Å². The van der Waals surface area contributed by atoms with Gasteiger partial charge < -0.3 is 5.11 Å². The van der Waals surface area contributed by atoms with Crippen LogP contribution in [0.4, 0.5) is 26.3 Å². The van der Waals surface area contributed by atoms with Crippen molar-refractivity contribution in [2.45, 2.75) is 23.6 Å². The summed E-state index contributed by atoms with van der Waals surface area (Å²) >= 11 is 4.39. The first-order valence-corrected chi connectivity index (χ1v) is 3.34. The van der Waals surface area contributed by atoms with E-state index in [-0.39, 0.29) is 0 Å². The second-order valence-electron chi connectivity index (χ2n) is 2.40. The van der Waals surface area contributed by atoms with E-state index < -0.39 is 29.6 Å². The first-order valence-electron chi connectivity index (χ1n) is 2.96. The molecule has 9 heteroatoms. The fraction of sp³-hybridized carbons (Fsp3) is 0.800. The molecule has 0 amide bonds. The van der Waals surface area contributed by atoms with E-state index in [1.54, 1.807) is 0 Å². The highest BCUT2D eigenvalue weighted by Gasteiger charge is 2.64. The van der Waals surface area contributed by atoms with Crippen molar-refractivity contribution in [1.29, 1.82) is 0 Å². The van der Waals surface area contributed by atoms with Crippen molar-refractivity contribution >= 4 is 17.6 Å². The van der Waals surface area contributed by atoms with Crippen LogP contribution in [0.3, 0.4) is 0 Å². The number of hydrogen-bond donors (Lipinski definition) is 1. The zero-order valence-electron chi connectivity index (χ0n) is 6.21. The summed E-state index contributed by atoms with van der Waals surface area (Å²) in [5.41, 5.74) is 0. The van der Waals surface area contributed by atoms with E-state index in [1.807, 2.05) is 0 Å². The highest BCUT2D eigenvalue weighted by Crippen LogP contribution is 2.44. The normalized spacial score (nSPS) is 17.6. The Morgan fingerprint density at radius 2 is 1.50 bits per heavy atom. The number of aliphatic carboxylic acids is 1. The van der Waals surface area contributed by atoms with E-state index in [2.05, 4.69) is 11.6 Å². The summed E-state index contributed by atoms with van der Waals surface area (Å²) in [5.74, 6) is -2.77. The van der Waals surface area contributed by atoms with E-state index in [9.17, 15) is 31.1 Å². The molecule has 1 unspecified atom stereocenters. The van der Waals surface area contributed by atoms with Gasteiger partial charge in [0.25, 0.3) is 0 Å². The summed E-state index contributed by atoms with van der Waals surface area (Å²) < 4.78 is 70.4. The van der Waals surface area contributed by atoms with Gasteiger partial charge in [-0.3, -0.25) is 0 Å². The second kappa shape index (κ2) is 3.48. The fourth-order valence-corrected chi connectivity index (χ4v) is 0.725. The molecule has 0 saturated carbocycles. The van der Waals surface area contributed by atoms with Crippen molar-refractivity contribution in [3.05, 3.63) is 0 Å². The quantitative estimate of drug-likeness (QED) is 0.599. The molecule has 0 bridgehead atoms. The maximum absolute atomic E-state index is 11.9. The molecule has 0 rings (SSSR count). The molecule has 0 fully saturated rings. The van der Waals surface area contributed by atoms with Crippen LogP contribution in [0.15, 0.2) is 0 Å². The highest BCUT2D eigenvalue weighted by molar-refractivity contribution is 6.34. The monoisotopic (exact) mass is 244 g/mol. The zero-order chi connectivity index (χ0) is 11.8. The van der Waals surface area contributed by atoms with Gasteiger partial charge in [0.1, 0.15) is 0 Å². The van der Waals surface area contributed by atoms with Crippen LogP contribution in [0, 0.1) is 0 Å². The molecule has 0 radical (unpaired) electrons. The van der Waals surface area contributed by atoms with Crippen molar-refractivity contribution in [3.63, 3.8) is 0 Å². The van der Waals surface area contributed by atoms with E-state index in [0.717, 1.165) is 0 Å². The van der Waals surface area contributed by atoms with Gasteiger partial charge in [-0.1, -0.05) is 11.6 Å². The lowest BCUT2D eigenvalue weighted by Gasteiger charge is -2.25. The first-order chi connectivity index (χ1) is 5.90. The van der Waals surface area contributed by atoms with Crippen LogP contribution >= 0.6 is 11.6 Å². The molecule has 1 atom stereocenters. The standard InChI is InChI=1S/C5H3ClF6O2/c6-3(2(13)14,5(10,11)12)1-4(7,8)9/h1H2,(H,13,14). The van der Waals surface area contributed by atoms with Crippen LogP contribution < -0.4 is 0 Å². The lowest BCUT2D eigenvalue weighted by Crippen LogP contribution is -2.49. The van der Waals surface area contributed by atoms with Crippen molar-refractivity contribution in [2.24, 2.45) is 0 Å². The molecule has 1 N–H and O–H groups in total. The molecule has 0 heterocycles. The third-order valence-corrected chi connectivity index (χ3v) is 1.74. The molecule has 0 aliphatic heterocycles. The topological polar surface area (TPSA) is 37.3 Å². The SMILES string of the molecule is O=C(O)C(Cl)(CC(F)(F)F)C(F)(F)F. The van der Waals surface area contributed by atoms with Crippen molar-refractivity contribution in [3.8, 4) is 0 Å². The van der Waals surface area contributed by atoms with E-state index in [4.69, 9.17) is 5.11 Å². The van der Waals surface area contributed by atoms with Crippen LogP contribution in [0.5, 0.6) is 0 Å². The number of hydrogen-bond acceptors (Lipinski definition) is 1. The Labute approximate surface area is 78.5 Å². The van der Waals surface area contributed by atoms with Gasteiger partial charge in [0.15, 0.2) is 0 Å². The third-order valence-electron chi connectivity index (χ3n) is 1.23. The molecule has 0 spiro atoms. The maximum atomic E-state index is 11.9. The number of halogens is 7. The fourth-order valence-electron chi connectivity index (χ4n) is 0.573. The molecule has 0 aromatic carbocycles. The van der Waals surface area contributed by atoms with E-state index >= 15 is 0 Å². The Hall–Kier alpha value is -0.660. The van der Waals surface area contributed by atoms with E-state index in [1.165, 1.54) is 0 Å². The number of alkyl halides is 7. The Morgan fingerprint density at radius 1 is 1.14 bits per heavy atom. The number of rotatable bonds is 2. The maximum Gasteiger partial charge on any atom is 0.418 e. The number of carbonyl (C=O) groups is 1. The Kier molecular flexibility index (Phi) is 3.32. The lowest BCUT2D eigenvalue weighted by atomic mass is 10.0.